The molecule has 0 aliphatic rings. The van der Waals surface area contributed by atoms with Crippen LogP contribution in [-0.2, 0) is 6.54 Å². The van der Waals surface area contributed by atoms with Gasteiger partial charge in [-0.25, -0.2) is 4.98 Å². The van der Waals surface area contributed by atoms with Crippen LogP contribution in [0.4, 0.5) is 5.95 Å². The lowest BCUT2D eigenvalue weighted by atomic mass is 10.2. The molecule has 3 rings (SSSR count). The fourth-order valence-electron chi connectivity index (χ4n) is 2.50. The Bertz CT molecular complexity index is 910. The van der Waals surface area contributed by atoms with E-state index in [4.69, 9.17) is 22.1 Å². The first-order chi connectivity index (χ1) is 10.9. The number of ether oxygens (including phenoxy) is 1. The number of pyridine rings is 1. The summed E-state index contributed by atoms with van der Waals surface area (Å²) in [5, 5.41) is 0.236. The van der Waals surface area contributed by atoms with Crippen LogP contribution in [0.25, 0.3) is 11.2 Å². The van der Waals surface area contributed by atoms with Crippen molar-refractivity contribution in [2.75, 3.05) is 12.8 Å². The van der Waals surface area contributed by atoms with E-state index in [1.165, 1.54) is 0 Å². The third-order valence-electron chi connectivity index (χ3n) is 3.52. The van der Waals surface area contributed by atoms with Gasteiger partial charge in [0.1, 0.15) is 11.3 Å². The minimum atomic E-state index is 0.110. The Balaban J connectivity index is 2.10. The summed E-state index contributed by atoms with van der Waals surface area (Å²) in [7, 11) is 1.63. The van der Waals surface area contributed by atoms with Crippen LogP contribution in [0.15, 0.2) is 10.8 Å². The van der Waals surface area contributed by atoms with Crippen molar-refractivity contribution in [3.8, 4) is 5.75 Å². The number of aryl methyl sites for hydroxylation is 1. The summed E-state index contributed by atoms with van der Waals surface area (Å²) in [5.74, 6) is 0.879. The van der Waals surface area contributed by atoms with Gasteiger partial charge in [0.15, 0.2) is 10.8 Å². The standard InChI is InChI=1S/C14H14BrClN6O/c1-6-9(15)8(19-7(2)11(6)23-3)4-22-5-18-10-12(16)20-14(17)21-13(10)22/h5H,4H2,1-3H3,(H2,17,20,21). The van der Waals surface area contributed by atoms with Gasteiger partial charge in [-0.05, 0) is 29.8 Å². The van der Waals surface area contributed by atoms with Gasteiger partial charge in [-0.15, -0.1) is 0 Å². The Morgan fingerprint density at radius 3 is 2.74 bits per heavy atom. The van der Waals surface area contributed by atoms with Gasteiger partial charge in [-0.1, -0.05) is 11.6 Å². The maximum Gasteiger partial charge on any atom is 0.223 e. The third kappa shape index (κ3) is 2.72. The van der Waals surface area contributed by atoms with Crippen LogP contribution in [0, 0.1) is 13.8 Å². The van der Waals surface area contributed by atoms with Gasteiger partial charge in [0.25, 0.3) is 0 Å². The van der Waals surface area contributed by atoms with Crippen LogP contribution in [0.3, 0.4) is 0 Å². The average Bonchev–Trinajstić information content (AvgIpc) is 2.88. The number of nitrogens with zero attached hydrogens (tertiary/aromatic N) is 5. The predicted octanol–water partition coefficient (Wildman–Crippen LogP) is 2.89. The molecule has 0 atom stereocenters. The number of nitrogen functional groups attached to an aromatic ring is 1. The second kappa shape index (κ2) is 5.93. The molecule has 9 heteroatoms. The summed E-state index contributed by atoms with van der Waals surface area (Å²) in [5.41, 5.74) is 9.41. The van der Waals surface area contributed by atoms with Crippen LogP contribution in [0.5, 0.6) is 5.75 Å². The lowest BCUT2D eigenvalue weighted by Gasteiger charge is -2.14. The average molecular weight is 398 g/mol. The van der Waals surface area contributed by atoms with Crippen LogP contribution in [0.1, 0.15) is 17.0 Å². The molecule has 120 valence electrons. The quantitative estimate of drug-likeness (QED) is 0.683. The van der Waals surface area contributed by atoms with Crippen molar-refractivity contribution in [3.63, 3.8) is 0 Å². The monoisotopic (exact) mass is 396 g/mol. The van der Waals surface area contributed by atoms with Gasteiger partial charge in [0, 0.05) is 10.0 Å². The molecule has 2 N–H and O–H groups in total. The highest BCUT2D eigenvalue weighted by atomic mass is 79.9. The lowest BCUT2D eigenvalue weighted by Crippen LogP contribution is -2.07. The van der Waals surface area contributed by atoms with E-state index in [9.17, 15) is 0 Å². The number of methoxy groups -OCH3 is 1. The second-order valence-corrected chi connectivity index (χ2v) is 6.18. The summed E-state index contributed by atoms with van der Waals surface area (Å²) in [4.78, 5) is 17.0. The number of nitrogens with two attached hydrogens (primary N) is 1. The molecule has 23 heavy (non-hydrogen) atoms. The van der Waals surface area contributed by atoms with E-state index in [0.717, 1.165) is 27.2 Å². The van der Waals surface area contributed by atoms with Gasteiger partial charge in [0.2, 0.25) is 5.95 Å². The van der Waals surface area contributed by atoms with Crippen LogP contribution < -0.4 is 10.5 Å². The van der Waals surface area contributed by atoms with E-state index in [1.807, 2.05) is 18.4 Å². The third-order valence-corrected chi connectivity index (χ3v) is 4.83. The van der Waals surface area contributed by atoms with E-state index < -0.39 is 0 Å². The van der Waals surface area contributed by atoms with Gasteiger partial charge in [-0.2, -0.15) is 9.97 Å². The van der Waals surface area contributed by atoms with E-state index in [1.54, 1.807) is 13.4 Å². The minimum Gasteiger partial charge on any atom is -0.495 e. The number of imidazole rings is 1. The molecule has 0 fully saturated rings. The predicted molar refractivity (Wildman–Crippen MR) is 91.8 cm³/mol. The zero-order valence-electron chi connectivity index (χ0n) is 12.8. The summed E-state index contributed by atoms with van der Waals surface area (Å²) < 4.78 is 8.10. The molecule has 3 aromatic heterocycles. The largest absolute Gasteiger partial charge is 0.495 e. The van der Waals surface area contributed by atoms with Crippen molar-refractivity contribution >= 4 is 44.6 Å². The first-order valence-corrected chi connectivity index (χ1v) is 7.93. The number of halogens is 2. The molecule has 0 amide bonds. The first kappa shape index (κ1) is 15.9. The fraction of sp³-hybridized carbons (Fsp3) is 0.286. The van der Waals surface area contributed by atoms with Crippen LogP contribution in [0.2, 0.25) is 5.15 Å². The molecule has 0 aliphatic carbocycles. The maximum atomic E-state index is 6.05. The van der Waals surface area contributed by atoms with E-state index in [-0.39, 0.29) is 11.1 Å². The van der Waals surface area contributed by atoms with E-state index in [2.05, 4.69) is 35.9 Å². The molecule has 0 bridgehead atoms. The van der Waals surface area contributed by atoms with Crippen LogP contribution >= 0.6 is 27.5 Å². The van der Waals surface area contributed by atoms with Crippen molar-refractivity contribution in [1.29, 1.82) is 0 Å². The highest BCUT2D eigenvalue weighted by Crippen LogP contribution is 2.31. The molecular formula is C14H14BrClN6O. The summed E-state index contributed by atoms with van der Waals surface area (Å²) >= 11 is 9.64. The SMILES string of the molecule is COc1c(C)nc(Cn2cnc3c(Cl)nc(N)nc32)c(Br)c1C. The zero-order valence-corrected chi connectivity index (χ0v) is 15.1. The number of fused-ring (bicyclic) bond motifs is 1. The second-order valence-electron chi connectivity index (χ2n) is 5.03. The van der Waals surface area contributed by atoms with Crippen LogP contribution in [-0.4, -0.2) is 31.6 Å². The molecule has 7 nitrogen and oxygen atoms in total. The lowest BCUT2D eigenvalue weighted by molar-refractivity contribution is 0.405. The van der Waals surface area contributed by atoms with Crippen molar-refractivity contribution < 1.29 is 4.74 Å². The molecule has 0 saturated heterocycles. The molecule has 3 heterocycles. The molecule has 0 aromatic carbocycles. The summed E-state index contributed by atoms with van der Waals surface area (Å²) in [6, 6.07) is 0. The normalized spacial score (nSPS) is 11.2. The molecular weight excluding hydrogens is 384 g/mol. The number of anilines is 1. The Labute approximate surface area is 146 Å². The van der Waals surface area contributed by atoms with Crippen molar-refractivity contribution in [1.82, 2.24) is 24.5 Å². The number of rotatable bonds is 3. The number of hydrogen-bond donors (Lipinski definition) is 1. The number of hydrogen-bond acceptors (Lipinski definition) is 6. The van der Waals surface area contributed by atoms with Gasteiger partial charge in [-0.3, -0.25) is 4.98 Å². The molecule has 0 saturated carbocycles. The van der Waals surface area contributed by atoms with Gasteiger partial charge < -0.3 is 15.0 Å². The molecule has 0 aliphatic heterocycles. The topological polar surface area (TPSA) is 91.7 Å². The highest BCUT2D eigenvalue weighted by Gasteiger charge is 2.16. The molecule has 0 radical (unpaired) electrons. The van der Waals surface area contributed by atoms with Crippen molar-refractivity contribution in [2.45, 2.75) is 20.4 Å². The van der Waals surface area contributed by atoms with E-state index in [0.29, 0.717) is 17.7 Å². The smallest absolute Gasteiger partial charge is 0.223 e. The molecule has 0 spiro atoms. The Hall–Kier alpha value is -1.93. The molecule has 0 unspecified atom stereocenters. The Kier molecular flexibility index (Phi) is 4.11. The molecule has 3 aromatic rings. The Morgan fingerprint density at radius 2 is 2.04 bits per heavy atom. The zero-order chi connectivity index (χ0) is 16.7. The van der Waals surface area contributed by atoms with Gasteiger partial charge >= 0.3 is 0 Å². The summed E-state index contributed by atoms with van der Waals surface area (Å²) in [6.45, 7) is 4.35. The summed E-state index contributed by atoms with van der Waals surface area (Å²) in [6.07, 6.45) is 1.65. The number of aromatic nitrogens is 5. The minimum absolute atomic E-state index is 0.110. The van der Waals surface area contributed by atoms with E-state index >= 15 is 0 Å². The maximum absolute atomic E-state index is 6.05. The fourth-order valence-corrected chi connectivity index (χ4v) is 3.11. The van der Waals surface area contributed by atoms with Crippen molar-refractivity contribution in [3.05, 3.63) is 32.9 Å². The van der Waals surface area contributed by atoms with Crippen molar-refractivity contribution in [2.24, 2.45) is 0 Å². The highest BCUT2D eigenvalue weighted by molar-refractivity contribution is 9.10. The van der Waals surface area contributed by atoms with Gasteiger partial charge in [0.05, 0.1) is 31.4 Å². The Morgan fingerprint density at radius 1 is 1.30 bits per heavy atom. The first-order valence-electron chi connectivity index (χ1n) is 6.75.